The van der Waals surface area contributed by atoms with Crippen LogP contribution in [0.5, 0.6) is 11.5 Å². The van der Waals surface area contributed by atoms with Crippen LogP contribution in [0.2, 0.25) is 0 Å². The fourth-order valence-corrected chi connectivity index (χ4v) is 3.61. The van der Waals surface area contributed by atoms with Gasteiger partial charge in [-0.25, -0.2) is 4.57 Å². The van der Waals surface area contributed by atoms with Crippen molar-refractivity contribution in [3.05, 3.63) is 66.5 Å². The molecule has 0 unspecified atom stereocenters. The lowest BCUT2D eigenvalue weighted by Crippen LogP contribution is -2.38. The summed E-state index contributed by atoms with van der Waals surface area (Å²) in [6.45, 7) is 3.77. The van der Waals surface area contributed by atoms with E-state index < -0.39 is 0 Å². The minimum Gasteiger partial charge on any atom is -0.493 e. The normalized spacial score (nSPS) is 11.0. The largest absolute Gasteiger partial charge is 0.493 e. The van der Waals surface area contributed by atoms with Crippen LogP contribution in [0.3, 0.4) is 0 Å². The van der Waals surface area contributed by atoms with Gasteiger partial charge in [0.15, 0.2) is 5.52 Å². The molecule has 4 aromatic rings. The summed E-state index contributed by atoms with van der Waals surface area (Å²) < 4.78 is 13.5. The molecule has 2 heterocycles. The van der Waals surface area contributed by atoms with Crippen LogP contribution in [-0.2, 0) is 6.54 Å². The number of benzene rings is 2. The van der Waals surface area contributed by atoms with E-state index in [0.29, 0.717) is 25.6 Å². The molecule has 0 radical (unpaired) electrons. The Morgan fingerprint density at radius 1 is 1.00 bits per heavy atom. The molecule has 8 heteroatoms. The maximum atomic E-state index is 6.04. The van der Waals surface area contributed by atoms with Crippen molar-refractivity contribution in [2.45, 2.75) is 18.6 Å². The first-order valence-electron chi connectivity index (χ1n) is 9.73. The quantitative estimate of drug-likeness (QED) is 0.244. The predicted molar refractivity (Wildman–Crippen MR) is 118 cm³/mol. The third-order valence-electron chi connectivity index (χ3n) is 4.48. The predicted octanol–water partition coefficient (Wildman–Crippen LogP) is 3.39. The summed E-state index contributed by atoms with van der Waals surface area (Å²) in [7, 11) is 0. The topological polar surface area (TPSA) is 89.9 Å². The first-order valence-corrected chi connectivity index (χ1v) is 10.7. The van der Waals surface area contributed by atoms with Gasteiger partial charge in [0, 0.05) is 5.75 Å². The number of ether oxygens (including phenoxy) is 2. The van der Waals surface area contributed by atoms with Crippen LogP contribution in [0.1, 0.15) is 5.56 Å². The maximum Gasteiger partial charge on any atom is 0.295 e. The number of H-pyrrole nitrogens is 1. The first-order chi connectivity index (χ1) is 14.7. The highest BCUT2D eigenvalue weighted by molar-refractivity contribution is 7.99. The highest BCUT2D eigenvalue weighted by atomic mass is 32.2. The number of hydrogen-bond acceptors (Lipinski definition) is 6. The number of para-hydroxylation sites is 1. The van der Waals surface area contributed by atoms with E-state index in [0.717, 1.165) is 33.6 Å². The average molecular weight is 423 g/mol. The second kappa shape index (κ2) is 9.49. The van der Waals surface area contributed by atoms with Crippen LogP contribution in [-0.4, -0.2) is 33.9 Å². The first kappa shape index (κ1) is 20.0. The Morgan fingerprint density at radius 2 is 1.73 bits per heavy atom. The molecule has 4 rings (SSSR count). The average Bonchev–Trinajstić information content (AvgIpc) is 3.20. The van der Waals surface area contributed by atoms with E-state index in [-0.39, 0.29) is 0 Å². The van der Waals surface area contributed by atoms with E-state index >= 15 is 0 Å². The number of nitrogens with one attached hydrogen (secondary N) is 1. The van der Waals surface area contributed by atoms with Gasteiger partial charge in [-0.15, -0.1) is 0 Å². The molecule has 0 aliphatic rings. The van der Waals surface area contributed by atoms with Crippen LogP contribution in [0.4, 0.5) is 5.82 Å². The van der Waals surface area contributed by atoms with Crippen LogP contribution in [0.25, 0.3) is 11.2 Å². The molecule has 0 aliphatic carbocycles. The molecular formula is C22H24N5O2S+. The summed E-state index contributed by atoms with van der Waals surface area (Å²) in [4.78, 5) is 12.2. The third-order valence-corrected chi connectivity index (χ3v) is 5.32. The molecule has 3 N–H and O–H groups in total. The van der Waals surface area contributed by atoms with Gasteiger partial charge in [-0.2, -0.15) is 0 Å². The smallest absolute Gasteiger partial charge is 0.295 e. The maximum absolute atomic E-state index is 6.04. The third kappa shape index (κ3) is 5.01. The van der Waals surface area contributed by atoms with Crippen molar-refractivity contribution in [2.75, 3.05) is 24.7 Å². The Hall–Kier alpha value is -3.26. The monoisotopic (exact) mass is 422 g/mol. The van der Waals surface area contributed by atoms with Gasteiger partial charge >= 0.3 is 0 Å². The second-order valence-corrected chi connectivity index (χ2v) is 7.82. The van der Waals surface area contributed by atoms with Crippen LogP contribution in [0, 0.1) is 6.92 Å². The number of aromatic nitrogens is 4. The van der Waals surface area contributed by atoms with Crippen LogP contribution in [0.15, 0.2) is 66.1 Å². The van der Waals surface area contributed by atoms with Gasteiger partial charge in [0.25, 0.3) is 5.65 Å². The van der Waals surface area contributed by atoms with E-state index in [2.05, 4.69) is 16.9 Å². The summed E-state index contributed by atoms with van der Waals surface area (Å²) in [5.74, 6) is 2.90. The fraction of sp³-hybridized carbons (Fsp3) is 0.227. The molecule has 154 valence electrons. The van der Waals surface area contributed by atoms with Crippen molar-refractivity contribution in [1.82, 2.24) is 15.0 Å². The van der Waals surface area contributed by atoms with Crippen molar-refractivity contribution in [3.63, 3.8) is 0 Å². The van der Waals surface area contributed by atoms with Crippen molar-refractivity contribution in [3.8, 4) is 11.5 Å². The van der Waals surface area contributed by atoms with Crippen molar-refractivity contribution in [2.24, 2.45) is 0 Å². The Kier molecular flexibility index (Phi) is 6.34. The Morgan fingerprint density at radius 3 is 2.53 bits per heavy atom. The molecule has 30 heavy (non-hydrogen) atoms. The minimum absolute atomic E-state index is 0.431. The molecule has 0 spiro atoms. The molecule has 0 saturated heterocycles. The Bertz CT molecular complexity index is 1100. The Labute approximate surface area is 179 Å². The molecule has 2 aromatic heterocycles. The molecule has 2 aromatic carbocycles. The number of anilines is 1. The zero-order chi connectivity index (χ0) is 20.8. The lowest BCUT2D eigenvalue weighted by atomic mass is 10.2. The van der Waals surface area contributed by atoms with E-state index in [1.165, 1.54) is 5.56 Å². The van der Waals surface area contributed by atoms with Gasteiger partial charge in [-0.1, -0.05) is 57.6 Å². The number of thioether (sulfide) groups is 1. The fourth-order valence-electron chi connectivity index (χ4n) is 2.92. The summed E-state index contributed by atoms with van der Waals surface area (Å²) in [6, 6.07) is 17.8. The highest BCUT2D eigenvalue weighted by Gasteiger charge is 2.18. The minimum atomic E-state index is 0.431. The molecule has 7 nitrogen and oxygen atoms in total. The van der Waals surface area contributed by atoms with Crippen molar-refractivity contribution >= 4 is 28.7 Å². The lowest BCUT2D eigenvalue weighted by Gasteiger charge is -2.05. The number of fused-ring (bicyclic) bond motifs is 1. The summed E-state index contributed by atoms with van der Waals surface area (Å²) in [5, 5.41) is 0.787. The number of nitrogens with zero attached hydrogens (tertiary/aromatic N) is 3. The number of aromatic amines is 1. The van der Waals surface area contributed by atoms with Gasteiger partial charge in [0.1, 0.15) is 24.7 Å². The van der Waals surface area contributed by atoms with Crippen LogP contribution < -0.4 is 19.8 Å². The number of hydrogen-bond donors (Lipinski definition) is 2. The molecule has 0 atom stereocenters. The number of nitrogen functional groups attached to an aromatic ring is 1. The summed E-state index contributed by atoms with van der Waals surface area (Å²) >= 11 is 1.59. The summed E-state index contributed by atoms with van der Waals surface area (Å²) in [5.41, 5.74) is 8.76. The zero-order valence-corrected chi connectivity index (χ0v) is 17.6. The lowest BCUT2D eigenvalue weighted by molar-refractivity contribution is -0.676. The number of nitrogens with two attached hydrogens (primary N) is 1. The SMILES string of the molecule is Cc1ccc(OCCSc2nc3c([nH]2)c(N)nc[n+]3CCOc2ccccc2)cc1. The van der Waals surface area contributed by atoms with Gasteiger partial charge in [-0.05, 0) is 31.2 Å². The van der Waals surface area contributed by atoms with Gasteiger partial charge in [-0.3, -0.25) is 0 Å². The van der Waals surface area contributed by atoms with E-state index in [1.807, 2.05) is 59.2 Å². The zero-order valence-electron chi connectivity index (χ0n) is 16.7. The van der Waals surface area contributed by atoms with Crippen molar-refractivity contribution < 1.29 is 14.0 Å². The Balaban J connectivity index is 1.35. The molecule has 0 bridgehead atoms. The van der Waals surface area contributed by atoms with Crippen LogP contribution >= 0.6 is 11.8 Å². The molecule has 0 saturated carbocycles. The van der Waals surface area contributed by atoms with Gasteiger partial charge in [0.2, 0.25) is 17.3 Å². The number of rotatable bonds is 9. The van der Waals surface area contributed by atoms with E-state index in [1.54, 1.807) is 18.1 Å². The highest BCUT2D eigenvalue weighted by Crippen LogP contribution is 2.20. The van der Waals surface area contributed by atoms with Gasteiger partial charge in [0.05, 0.1) is 6.61 Å². The summed E-state index contributed by atoms with van der Waals surface area (Å²) in [6.07, 6.45) is 1.70. The van der Waals surface area contributed by atoms with Gasteiger partial charge < -0.3 is 20.2 Å². The number of imidazole rings is 1. The molecule has 0 amide bonds. The van der Waals surface area contributed by atoms with E-state index in [4.69, 9.17) is 20.2 Å². The standard InChI is InChI=1S/C22H23N5O2S/c1-16-7-9-18(10-8-16)29-13-14-30-22-25-19-20(23)24-15-27(21(19)26-22)11-12-28-17-5-3-2-4-6-17/h2-10,15H,11-14H2,1H3,(H2,23,25,26)/p+1. The second-order valence-electron chi connectivity index (χ2n) is 6.74. The van der Waals surface area contributed by atoms with E-state index in [9.17, 15) is 0 Å². The molecular weight excluding hydrogens is 398 g/mol. The number of aryl methyl sites for hydroxylation is 1. The molecule has 0 fully saturated rings. The molecule has 0 aliphatic heterocycles. The van der Waals surface area contributed by atoms with Crippen molar-refractivity contribution in [1.29, 1.82) is 0 Å².